The highest BCUT2D eigenvalue weighted by atomic mass is 35.5. The second-order valence-corrected chi connectivity index (χ2v) is 5.07. The molecule has 2 aromatic rings. The third-order valence-electron chi connectivity index (χ3n) is 2.86. The van der Waals surface area contributed by atoms with E-state index >= 15 is 0 Å². The number of halogens is 2. The lowest BCUT2D eigenvalue weighted by molar-refractivity contribution is 0.125. The topological polar surface area (TPSA) is 56.8 Å². The summed E-state index contributed by atoms with van der Waals surface area (Å²) in [6.07, 6.45) is -0.470. The molecule has 7 heteroatoms. The van der Waals surface area contributed by atoms with E-state index < -0.39 is 11.9 Å². The van der Waals surface area contributed by atoms with Gasteiger partial charge in [-0.25, -0.2) is 9.18 Å². The maximum absolute atomic E-state index is 13.1. The minimum Gasteiger partial charge on any atom is -0.490 e. The number of amides is 1. The van der Waals surface area contributed by atoms with Crippen molar-refractivity contribution in [2.24, 2.45) is 0 Å². The molecule has 0 heterocycles. The van der Waals surface area contributed by atoms with Gasteiger partial charge in [0.25, 0.3) is 0 Å². The molecule has 0 spiro atoms. The van der Waals surface area contributed by atoms with Gasteiger partial charge in [-0.1, -0.05) is 11.6 Å². The number of hydrogen-bond donors (Lipinski definition) is 1. The number of hydrogen-bond acceptors (Lipinski definition) is 4. The second kappa shape index (κ2) is 8.98. The van der Waals surface area contributed by atoms with Gasteiger partial charge in [0, 0.05) is 12.6 Å². The first-order chi connectivity index (χ1) is 11.6. The van der Waals surface area contributed by atoms with Gasteiger partial charge in [-0.2, -0.15) is 0 Å². The van der Waals surface area contributed by atoms with Gasteiger partial charge in [-0.3, -0.25) is 0 Å². The Morgan fingerprint density at radius 3 is 2.42 bits per heavy atom. The van der Waals surface area contributed by atoms with Crippen molar-refractivity contribution >= 4 is 17.7 Å². The van der Waals surface area contributed by atoms with Gasteiger partial charge in [0.2, 0.25) is 0 Å². The molecule has 0 aromatic heterocycles. The number of rotatable bonds is 7. The predicted molar refractivity (Wildman–Crippen MR) is 88.4 cm³/mol. The molecular weight excluding hydrogens is 337 g/mol. The Bertz CT molecular complexity index is 679. The summed E-state index contributed by atoms with van der Waals surface area (Å²) in [7, 11) is 0. The van der Waals surface area contributed by atoms with Crippen LogP contribution >= 0.6 is 11.6 Å². The molecule has 0 unspecified atom stereocenters. The van der Waals surface area contributed by atoms with Crippen molar-refractivity contribution in [3.63, 3.8) is 0 Å². The zero-order chi connectivity index (χ0) is 17.4. The van der Waals surface area contributed by atoms with Crippen LogP contribution in [0.1, 0.15) is 6.92 Å². The average molecular weight is 354 g/mol. The lowest BCUT2D eigenvalue weighted by atomic mass is 10.3. The van der Waals surface area contributed by atoms with Crippen molar-refractivity contribution < 1.29 is 23.4 Å². The van der Waals surface area contributed by atoms with Crippen LogP contribution in [-0.2, 0) is 4.74 Å². The van der Waals surface area contributed by atoms with Crippen LogP contribution in [0.3, 0.4) is 0 Å². The van der Waals surface area contributed by atoms with Gasteiger partial charge < -0.3 is 19.5 Å². The minimum atomic E-state index is -0.498. The van der Waals surface area contributed by atoms with Crippen molar-refractivity contribution in [2.45, 2.75) is 6.92 Å². The summed E-state index contributed by atoms with van der Waals surface area (Å²) in [5.74, 6) is 1.11. The molecule has 1 N–H and O–H groups in total. The van der Waals surface area contributed by atoms with E-state index in [4.69, 9.17) is 25.8 Å². The Morgan fingerprint density at radius 1 is 1.08 bits per heavy atom. The van der Waals surface area contributed by atoms with Crippen LogP contribution in [0.2, 0.25) is 5.02 Å². The fourth-order valence-corrected chi connectivity index (χ4v) is 1.94. The molecule has 24 heavy (non-hydrogen) atoms. The van der Waals surface area contributed by atoms with Crippen LogP contribution in [0, 0.1) is 5.82 Å². The second-order valence-electron chi connectivity index (χ2n) is 4.66. The van der Waals surface area contributed by atoms with Crippen molar-refractivity contribution in [3.05, 3.63) is 53.3 Å². The fraction of sp³-hybridized carbons (Fsp3) is 0.235. The number of ether oxygens (including phenoxy) is 3. The quantitative estimate of drug-likeness (QED) is 0.750. The van der Waals surface area contributed by atoms with Gasteiger partial charge in [0.05, 0.1) is 5.02 Å². The third kappa shape index (κ3) is 5.62. The molecule has 0 saturated heterocycles. The van der Waals surface area contributed by atoms with Gasteiger partial charge in [0.1, 0.15) is 36.3 Å². The van der Waals surface area contributed by atoms with Gasteiger partial charge in [0.15, 0.2) is 0 Å². The van der Waals surface area contributed by atoms with Crippen LogP contribution in [0.15, 0.2) is 42.5 Å². The van der Waals surface area contributed by atoms with Crippen molar-refractivity contribution in [1.29, 1.82) is 0 Å². The molecule has 2 rings (SSSR count). The molecule has 0 saturated carbocycles. The number of carbonyl (C=O) groups excluding carboxylic acids is 1. The number of benzene rings is 2. The highest BCUT2D eigenvalue weighted by molar-refractivity contribution is 6.30. The Kier molecular flexibility index (Phi) is 6.69. The maximum atomic E-state index is 13.1. The van der Waals surface area contributed by atoms with Crippen molar-refractivity contribution in [2.75, 3.05) is 19.8 Å². The molecule has 128 valence electrons. The molecule has 0 radical (unpaired) electrons. The predicted octanol–water partition coefficient (Wildman–Crippen LogP) is 4.40. The normalized spacial score (nSPS) is 10.1. The van der Waals surface area contributed by atoms with E-state index in [1.165, 1.54) is 18.2 Å². The monoisotopic (exact) mass is 353 g/mol. The molecule has 0 bridgehead atoms. The molecule has 0 fully saturated rings. The largest absolute Gasteiger partial charge is 0.490 e. The lowest BCUT2D eigenvalue weighted by Gasteiger charge is -2.09. The van der Waals surface area contributed by atoms with Crippen LogP contribution in [0.25, 0.3) is 0 Å². The highest BCUT2D eigenvalue weighted by Gasteiger charge is 2.04. The summed E-state index contributed by atoms with van der Waals surface area (Å²) in [5.41, 5.74) is 0. The standard InChI is InChI=1S/C17H17ClFNO4/c1-2-20-17(21)23-10-9-22-12-3-5-13(6-4-12)24-14-7-8-16(19)15(18)11-14/h3-8,11H,2,9-10H2,1H3,(H,20,21). The number of nitrogens with one attached hydrogen (secondary N) is 1. The summed E-state index contributed by atoms with van der Waals surface area (Å²) in [5, 5.41) is 2.52. The van der Waals surface area contributed by atoms with Gasteiger partial charge in [-0.05, 0) is 43.3 Å². The van der Waals surface area contributed by atoms with Crippen LogP contribution in [0.4, 0.5) is 9.18 Å². The Balaban J connectivity index is 1.80. The maximum Gasteiger partial charge on any atom is 0.407 e. The summed E-state index contributed by atoms with van der Waals surface area (Å²) in [6.45, 7) is 2.71. The summed E-state index contributed by atoms with van der Waals surface area (Å²) in [6, 6.07) is 11.0. The van der Waals surface area contributed by atoms with E-state index in [0.717, 1.165) is 0 Å². The van der Waals surface area contributed by atoms with Gasteiger partial charge >= 0.3 is 6.09 Å². The molecular formula is C17H17ClFNO4. The van der Waals surface area contributed by atoms with Gasteiger partial charge in [-0.15, -0.1) is 0 Å². The Labute approximate surface area is 144 Å². The summed E-state index contributed by atoms with van der Waals surface area (Å²) < 4.78 is 29.0. The van der Waals surface area contributed by atoms with Crippen molar-refractivity contribution in [3.8, 4) is 17.2 Å². The van der Waals surface area contributed by atoms with E-state index in [9.17, 15) is 9.18 Å². The van der Waals surface area contributed by atoms with E-state index in [2.05, 4.69) is 5.32 Å². The van der Waals surface area contributed by atoms with Crippen LogP contribution in [0.5, 0.6) is 17.2 Å². The summed E-state index contributed by atoms with van der Waals surface area (Å²) in [4.78, 5) is 11.1. The first-order valence-electron chi connectivity index (χ1n) is 7.35. The molecule has 5 nitrogen and oxygen atoms in total. The van der Waals surface area contributed by atoms with Crippen LogP contribution < -0.4 is 14.8 Å². The number of carbonyl (C=O) groups is 1. The smallest absolute Gasteiger partial charge is 0.407 e. The first-order valence-corrected chi connectivity index (χ1v) is 7.72. The van der Waals surface area contributed by atoms with E-state index in [0.29, 0.717) is 23.8 Å². The van der Waals surface area contributed by atoms with Crippen LogP contribution in [-0.4, -0.2) is 25.9 Å². The molecule has 0 aliphatic heterocycles. The molecule has 0 aliphatic rings. The Hall–Kier alpha value is -2.47. The fourth-order valence-electron chi connectivity index (χ4n) is 1.77. The Morgan fingerprint density at radius 2 is 1.75 bits per heavy atom. The SMILES string of the molecule is CCNC(=O)OCCOc1ccc(Oc2ccc(F)c(Cl)c2)cc1. The third-order valence-corrected chi connectivity index (χ3v) is 3.15. The molecule has 1 amide bonds. The summed E-state index contributed by atoms with van der Waals surface area (Å²) >= 11 is 5.70. The van der Waals surface area contributed by atoms with E-state index in [-0.39, 0.29) is 18.2 Å². The molecule has 2 aromatic carbocycles. The molecule has 0 aliphatic carbocycles. The zero-order valence-electron chi connectivity index (χ0n) is 13.1. The average Bonchev–Trinajstić information content (AvgIpc) is 2.57. The molecule has 0 atom stereocenters. The van der Waals surface area contributed by atoms with E-state index in [1.807, 2.05) is 0 Å². The van der Waals surface area contributed by atoms with Crippen molar-refractivity contribution in [1.82, 2.24) is 5.32 Å². The minimum absolute atomic E-state index is 0.000404. The zero-order valence-corrected chi connectivity index (χ0v) is 13.8. The number of alkyl carbamates (subject to hydrolysis) is 1. The van der Waals surface area contributed by atoms with E-state index in [1.54, 1.807) is 31.2 Å². The first kappa shape index (κ1) is 17.9. The lowest BCUT2D eigenvalue weighted by Crippen LogP contribution is -2.25. The highest BCUT2D eigenvalue weighted by Crippen LogP contribution is 2.27.